The van der Waals surface area contributed by atoms with E-state index in [-0.39, 0.29) is 0 Å². The van der Waals surface area contributed by atoms with Gasteiger partial charge in [0.2, 0.25) is 0 Å². The summed E-state index contributed by atoms with van der Waals surface area (Å²) in [5, 5.41) is 0. The second-order valence-electron chi connectivity index (χ2n) is 8.46. The number of ether oxygens (including phenoxy) is 1. The van der Waals surface area contributed by atoms with E-state index < -0.39 is 0 Å². The molecular weight excluding hydrogens is 220 g/mol. The highest BCUT2D eigenvalue weighted by molar-refractivity contribution is 5.10. The zero-order valence-corrected chi connectivity index (χ0v) is 13.0. The maximum absolute atomic E-state index is 6.17. The summed E-state index contributed by atoms with van der Waals surface area (Å²) in [5.74, 6) is 3.44. The molecule has 0 aromatic rings. The van der Waals surface area contributed by atoms with Crippen molar-refractivity contribution >= 4 is 0 Å². The van der Waals surface area contributed by atoms with Crippen molar-refractivity contribution in [2.75, 3.05) is 0 Å². The molecule has 0 radical (unpaired) electrons. The third-order valence-electron chi connectivity index (χ3n) is 7.19. The maximum atomic E-state index is 6.17. The van der Waals surface area contributed by atoms with Gasteiger partial charge < -0.3 is 4.74 Å². The largest absolute Gasteiger partial charge is 0.375 e. The molecule has 1 nitrogen and oxygen atoms in total. The average molecular weight is 250 g/mol. The summed E-state index contributed by atoms with van der Waals surface area (Å²) >= 11 is 0. The standard InChI is InChI=1S/C17H30O/c1-10-9-12-14(18-10)8-7-13-15(12)17(5,6)11(2)16(13,3)4/h10-15H,7-9H2,1-6H3. The topological polar surface area (TPSA) is 9.23 Å². The molecule has 1 heteroatoms. The highest BCUT2D eigenvalue weighted by Gasteiger charge is 2.62. The summed E-state index contributed by atoms with van der Waals surface area (Å²) in [6, 6.07) is 0. The Kier molecular flexibility index (Phi) is 2.70. The van der Waals surface area contributed by atoms with E-state index in [4.69, 9.17) is 4.74 Å². The molecule has 0 spiro atoms. The van der Waals surface area contributed by atoms with Gasteiger partial charge in [-0.15, -0.1) is 0 Å². The minimum absolute atomic E-state index is 0.477. The molecule has 3 fully saturated rings. The molecule has 0 amide bonds. The first kappa shape index (κ1) is 13.0. The zero-order chi connectivity index (χ0) is 13.3. The maximum Gasteiger partial charge on any atom is 0.0610 e. The molecule has 6 unspecified atom stereocenters. The molecule has 3 rings (SSSR count). The Hall–Kier alpha value is -0.0400. The van der Waals surface area contributed by atoms with E-state index in [0.717, 1.165) is 23.7 Å². The van der Waals surface area contributed by atoms with Crippen LogP contribution in [0.4, 0.5) is 0 Å². The monoisotopic (exact) mass is 250 g/mol. The van der Waals surface area contributed by atoms with Gasteiger partial charge in [0.25, 0.3) is 0 Å². The van der Waals surface area contributed by atoms with Crippen LogP contribution in [-0.4, -0.2) is 12.2 Å². The van der Waals surface area contributed by atoms with E-state index >= 15 is 0 Å². The molecule has 2 aliphatic carbocycles. The fraction of sp³-hybridized carbons (Fsp3) is 1.00. The van der Waals surface area contributed by atoms with E-state index in [9.17, 15) is 0 Å². The quantitative estimate of drug-likeness (QED) is 0.614. The van der Waals surface area contributed by atoms with Crippen LogP contribution in [0.25, 0.3) is 0 Å². The molecule has 18 heavy (non-hydrogen) atoms. The van der Waals surface area contributed by atoms with Gasteiger partial charge in [0.15, 0.2) is 0 Å². The number of hydrogen-bond acceptors (Lipinski definition) is 1. The molecule has 1 heterocycles. The number of hydrogen-bond donors (Lipinski definition) is 0. The van der Waals surface area contributed by atoms with Crippen LogP contribution in [0.1, 0.15) is 60.8 Å². The van der Waals surface area contributed by atoms with Crippen molar-refractivity contribution in [3.63, 3.8) is 0 Å². The smallest absolute Gasteiger partial charge is 0.0610 e. The van der Waals surface area contributed by atoms with Crippen molar-refractivity contribution in [1.29, 1.82) is 0 Å². The highest BCUT2D eigenvalue weighted by Crippen LogP contribution is 2.67. The summed E-state index contributed by atoms with van der Waals surface area (Å²) < 4.78 is 6.17. The molecular formula is C17H30O. The first-order chi connectivity index (χ1) is 8.26. The minimum Gasteiger partial charge on any atom is -0.375 e. The fourth-order valence-corrected chi connectivity index (χ4v) is 5.95. The van der Waals surface area contributed by atoms with Gasteiger partial charge in [-0.1, -0.05) is 34.6 Å². The Bertz CT molecular complexity index is 344. The number of rotatable bonds is 0. The van der Waals surface area contributed by atoms with Gasteiger partial charge in [-0.25, -0.2) is 0 Å². The van der Waals surface area contributed by atoms with Gasteiger partial charge >= 0.3 is 0 Å². The predicted octanol–water partition coefficient (Wildman–Crippen LogP) is 4.51. The van der Waals surface area contributed by atoms with Gasteiger partial charge in [-0.3, -0.25) is 0 Å². The number of fused-ring (bicyclic) bond motifs is 3. The Morgan fingerprint density at radius 3 is 2.28 bits per heavy atom. The lowest BCUT2D eigenvalue weighted by atomic mass is 9.62. The van der Waals surface area contributed by atoms with Crippen LogP contribution in [0.15, 0.2) is 0 Å². The molecule has 1 aliphatic heterocycles. The van der Waals surface area contributed by atoms with Crippen molar-refractivity contribution in [2.45, 2.75) is 73.0 Å². The van der Waals surface area contributed by atoms with Crippen LogP contribution in [0, 0.1) is 34.5 Å². The molecule has 0 bridgehead atoms. The Labute approximate surface area is 113 Å². The van der Waals surface area contributed by atoms with Gasteiger partial charge in [-0.2, -0.15) is 0 Å². The van der Waals surface area contributed by atoms with Crippen LogP contribution >= 0.6 is 0 Å². The molecule has 104 valence electrons. The molecule has 0 aromatic heterocycles. The Balaban J connectivity index is 1.98. The normalized spacial score (nSPS) is 53.0. The lowest BCUT2D eigenvalue weighted by molar-refractivity contribution is -0.0258. The summed E-state index contributed by atoms with van der Waals surface area (Å²) in [4.78, 5) is 0. The fourth-order valence-electron chi connectivity index (χ4n) is 5.95. The van der Waals surface area contributed by atoms with Crippen LogP contribution in [0.3, 0.4) is 0 Å². The molecule has 0 aromatic carbocycles. The van der Waals surface area contributed by atoms with Crippen LogP contribution in [-0.2, 0) is 4.74 Å². The second-order valence-corrected chi connectivity index (χ2v) is 8.46. The molecule has 2 saturated carbocycles. The van der Waals surface area contributed by atoms with E-state index in [1.807, 2.05) is 0 Å². The molecule has 0 N–H and O–H groups in total. The molecule has 1 saturated heterocycles. The van der Waals surface area contributed by atoms with Gasteiger partial charge in [0.05, 0.1) is 12.2 Å². The van der Waals surface area contributed by atoms with Crippen molar-refractivity contribution in [2.24, 2.45) is 34.5 Å². The van der Waals surface area contributed by atoms with E-state index in [1.165, 1.54) is 19.3 Å². The lowest BCUT2D eigenvalue weighted by Gasteiger charge is -2.43. The first-order valence-corrected chi connectivity index (χ1v) is 7.91. The second kappa shape index (κ2) is 3.75. The zero-order valence-electron chi connectivity index (χ0n) is 13.0. The van der Waals surface area contributed by atoms with Gasteiger partial charge in [0.1, 0.15) is 0 Å². The van der Waals surface area contributed by atoms with E-state index in [1.54, 1.807) is 0 Å². The first-order valence-electron chi connectivity index (χ1n) is 7.91. The van der Waals surface area contributed by atoms with Gasteiger partial charge in [-0.05, 0) is 60.7 Å². The summed E-state index contributed by atoms with van der Waals surface area (Å²) in [6.07, 6.45) is 5.06. The Morgan fingerprint density at radius 1 is 0.944 bits per heavy atom. The SMILES string of the molecule is CC1CC2C(CCC3C2C(C)(C)C(C)C3(C)C)O1. The average Bonchev–Trinajstić information content (AvgIpc) is 2.70. The van der Waals surface area contributed by atoms with Crippen LogP contribution in [0.2, 0.25) is 0 Å². The minimum atomic E-state index is 0.477. The third kappa shape index (κ3) is 1.49. The molecule has 3 aliphatic rings. The molecule has 6 atom stereocenters. The van der Waals surface area contributed by atoms with Crippen molar-refractivity contribution in [3.8, 4) is 0 Å². The summed E-state index contributed by atoms with van der Waals surface area (Å²) in [6.45, 7) is 14.8. The van der Waals surface area contributed by atoms with Crippen molar-refractivity contribution in [3.05, 3.63) is 0 Å². The van der Waals surface area contributed by atoms with E-state index in [2.05, 4.69) is 41.5 Å². The van der Waals surface area contributed by atoms with Gasteiger partial charge in [0, 0.05) is 0 Å². The summed E-state index contributed by atoms with van der Waals surface area (Å²) in [7, 11) is 0. The van der Waals surface area contributed by atoms with Crippen LogP contribution in [0.5, 0.6) is 0 Å². The van der Waals surface area contributed by atoms with E-state index in [0.29, 0.717) is 23.0 Å². The predicted molar refractivity (Wildman–Crippen MR) is 75.4 cm³/mol. The third-order valence-corrected chi connectivity index (χ3v) is 7.19. The Morgan fingerprint density at radius 2 is 1.61 bits per heavy atom. The van der Waals surface area contributed by atoms with Crippen LogP contribution < -0.4 is 0 Å². The van der Waals surface area contributed by atoms with Crippen molar-refractivity contribution < 1.29 is 4.74 Å². The summed E-state index contributed by atoms with van der Waals surface area (Å²) in [5.41, 5.74) is 0.982. The lowest BCUT2D eigenvalue weighted by Crippen LogP contribution is -2.40. The highest BCUT2D eigenvalue weighted by atomic mass is 16.5. The van der Waals surface area contributed by atoms with Crippen molar-refractivity contribution in [1.82, 2.24) is 0 Å².